The lowest BCUT2D eigenvalue weighted by molar-refractivity contribution is -0.118. The van der Waals surface area contributed by atoms with E-state index in [9.17, 15) is 4.79 Å². The van der Waals surface area contributed by atoms with Crippen molar-refractivity contribution in [2.75, 3.05) is 59.2 Å². The topological polar surface area (TPSA) is 64.1 Å². The maximum atomic E-state index is 13.2. The van der Waals surface area contributed by atoms with Crippen LogP contribution in [0.4, 0.5) is 5.13 Å². The molecule has 0 aliphatic carbocycles. The molecule has 0 saturated heterocycles. The van der Waals surface area contributed by atoms with E-state index < -0.39 is 0 Å². The number of anilines is 1. The predicted octanol–water partition coefficient (Wildman–Crippen LogP) is 4.40. The van der Waals surface area contributed by atoms with Crippen LogP contribution in [0.3, 0.4) is 0 Å². The zero-order valence-corrected chi connectivity index (χ0v) is 20.7. The largest absolute Gasteiger partial charge is 0.497 e. The van der Waals surface area contributed by atoms with Crippen LogP contribution in [0.2, 0.25) is 0 Å². The highest BCUT2D eigenvalue weighted by Gasteiger charge is 2.22. The number of hydrogen-bond donors (Lipinski definition) is 0. The number of fused-ring (bicyclic) bond motifs is 1. The average molecular weight is 476 g/mol. The van der Waals surface area contributed by atoms with Crippen molar-refractivity contribution in [3.05, 3.63) is 36.4 Å². The molecule has 1 aromatic heterocycles. The van der Waals surface area contributed by atoms with Gasteiger partial charge in [0.05, 0.1) is 21.3 Å². The van der Waals surface area contributed by atoms with Crippen molar-refractivity contribution in [1.29, 1.82) is 0 Å². The van der Waals surface area contributed by atoms with Crippen LogP contribution in [0.25, 0.3) is 10.2 Å². The van der Waals surface area contributed by atoms with Gasteiger partial charge in [-0.05, 0) is 50.5 Å². The number of aromatic nitrogens is 1. The maximum Gasteiger partial charge on any atom is 0.229 e. The van der Waals surface area contributed by atoms with Crippen LogP contribution in [0.15, 0.2) is 41.3 Å². The van der Waals surface area contributed by atoms with Crippen LogP contribution in [0, 0.1) is 0 Å². The van der Waals surface area contributed by atoms with E-state index in [-0.39, 0.29) is 5.91 Å². The van der Waals surface area contributed by atoms with Crippen LogP contribution >= 0.6 is 23.1 Å². The lowest BCUT2D eigenvalue weighted by atomic mass is 10.3. The van der Waals surface area contributed by atoms with Gasteiger partial charge in [-0.3, -0.25) is 9.69 Å². The van der Waals surface area contributed by atoms with E-state index >= 15 is 0 Å². The SMILES string of the molecule is COc1ccc(SCCC(=O)N(CCN(C)C)c2nc3c(OC)ccc(OC)c3s2)cc1. The summed E-state index contributed by atoms with van der Waals surface area (Å²) in [6.07, 6.45) is 0.411. The summed E-state index contributed by atoms with van der Waals surface area (Å²) in [4.78, 5) is 22.9. The van der Waals surface area contributed by atoms with E-state index in [0.717, 1.165) is 27.6 Å². The molecule has 0 unspecified atom stereocenters. The van der Waals surface area contributed by atoms with Gasteiger partial charge in [0.25, 0.3) is 0 Å². The molecule has 7 nitrogen and oxygen atoms in total. The van der Waals surface area contributed by atoms with Gasteiger partial charge >= 0.3 is 0 Å². The molecule has 0 saturated carbocycles. The smallest absolute Gasteiger partial charge is 0.229 e. The minimum absolute atomic E-state index is 0.0462. The van der Waals surface area contributed by atoms with Crippen LogP contribution in [0.1, 0.15) is 6.42 Å². The van der Waals surface area contributed by atoms with Crippen molar-refractivity contribution < 1.29 is 19.0 Å². The molecule has 3 rings (SSSR count). The molecular formula is C23H29N3O4S2. The second-order valence-corrected chi connectivity index (χ2v) is 9.41. The second kappa shape index (κ2) is 11.4. The summed E-state index contributed by atoms with van der Waals surface area (Å²) in [6, 6.07) is 11.6. The number of ether oxygens (including phenoxy) is 3. The monoisotopic (exact) mass is 475 g/mol. The quantitative estimate of drug-likeness (QED) is 0.381. The molecule has 2 aromatic carbocycles. The van der Waals surface area contributed by atoms with Crippen LogP contribution in [-0.2, 0) is 4.79 Å². The van der Waals surface area contributed by atoms with Crippen molar-refractivity contribution in [1.82, 2.24) is 9.88 Å². The van der Waals surface area contributed by atoms with Gasteiger partial charge in [0, 0.05) is 30.2 Å². The van der Waals surface area contributed by atoms with E-state index in [4.69, 9.17) is 19.2 Å². The minimum Gasteiger partial charge on any atom is -0.497 e. The Morgan fingerprint density at radius 2 is 1.66 bits per heavy atom. The molecule has 3 aromatic rings. The maximum absolute atomic E-state index is 13.2. The van der Waals surface area contributed by atoms with Gasteiger partial charge in [-0.15, -0.1) is 11.8 Å². The standard InChI is InChI=1S/C23H29N3O4S2/c1-25(2)13-14-26(20(27)12-15-31-17-8-6-16(28-3)7-9-17)23-24-21-18(29-4)10-11-19(30-5)22(21)32-23/h6-11H,12-15H2,1-5H3. The lowest BCUT2D eigenvalue weighted by Crippen LogP contribution is -2.36. The number of nitrogens with zero attached hydrogens (tertiary/aromatic N) is 3. The summed E-state index contributed by atoms with van der Waals surface area (Å²) in [5.41, 5.74) is 0.710. The number of carbonyl (C=O) groups is 1. The molecule has 0 bridgehead atoms. The first-order valence-electron chi connectivity index (χ1n) is 10.2. The van der Waals surface area contributed by atoms with Crippen molar-refractivity contribution >= 4 is 44.4 Å². The zero-order chi connectivity index (χ0) is 23.1. The molecule has 0 atom stereocenters. The molecule has 0 aliphatic heterocycles. The van der Waals surface area contributed by atoms with Gasteiger partial charge in [0.2, 0.25) is 5.91 Å². The van der Waals surface area contributed by atoms with Gasteiger partial charge in [-0.1, -0.05) is 11.3 Å². The molecule has 1 heterocycles. The van der Waals surface area contributed by atoms with Crippen molar-refractivity contribution in [2.24, 2.45) is 0 Å². The molecule has 32 heavy (non-hydrogen) atoms. The first-order chi connectivity index (χ1) is 15.5. The molecule has 1 amide bonds. The fourth-order valence-electron chi connectivity index (χ4n) is 3.08. The number of amides is 1. The van der Waals surface area contributed by atoms with Gasteiger partial charge in [0.1, 0.15) is 27.5 Å². The van der Waals surface area contributed by atoms with Gasteiger partial charge in [0.15, 0.2) is 5.13 Å². The van der Waals surface area contributed by atoms with Crippen molar-refractivity contribution in [3.8, 4) is 17.2 Å². The molecular weight excluding hydrogens is 446 g/mol. The Balaban J connectivity index is 1.78. The Morgan fingerprint density at radius 3 is 2.28 bits per heavy atom. The van der Waals surface area contributed by atoms with E-state index in [1.807, 2.05) is 50.5 Å². The van der Waals surface area contributed by atoms with E-state index in [1.165, 1.54) is 11.3 Å². The Bertz CT molecular complexity index is 997. The molecule has 0 aliphatic rings. The third-order valence-corrected chi connectivity index (χ3v) is 6.95. The average Bonchev–Trinajstić information content (AvgIpc) is 3.24. The first kappa shape index (κ1) is 24.2. The van der Waals surface area contributed by atoms with Crippen molar-refractivity contribution in [2.45, 2.75) is 11.3 Å². The lowest BCUT2D eigenvalue weighted by Gasteiger charge is -2.22. The molecule has 0 N–H and O–H groups in total. The highest BCUT2D eigenvalue weighted by atomic mass is 32.2. The Morgan fingerprint density at radius 1 is 0.969 bits per heavy atom. The van der Waals surface area contributed by atoms with Crippen LogP contribution in [0.5, 0.6) is 17.2 Å². The summed E-state index contributed by atoms with van der Waals surface area (Å²) >= 11 is 3.10. The zero-order valence-electron chi connectivity index (χ0n) is 19.1. The number of hydrogen-bond acceptors (Lipinski definition) is 8. The summed E-state index contributed by atoms with van der Waals surface area (Å²) < 4.78 is 17.0. The minimum atomic E-state index is 0.0462. The van der Waals surface area contributed by atoms with Crippen LogP contribution in [-0.4, -0.2) is 70.1 Å². The highest BCUT2D eigenvalue weighted by Crippen LogP contribution is 2.40. The summed E-state index contributed by atoms with van der Waals surface area (Å²) in [5, 5.41) is 0.657. The number of thiazole rings is 1. The Kier molecular flexibility index (Phi) is 8.60. The number of thioether (sulfide) groups is 1. The summed E-state index contributed by atoms with van der Waals surface area (Å²) in [5.74, 6) is 2.94. The third kappa shape index (κ3) is 5.85. The van der Waals surface area contributed by atoms with Crippen molar-refractivity contribution in [3.63, 3.8) is 0 Å². The molecule has 0 fully saturated rings. The molecule has 172 valence electrons. The summed E-state index contributed by atoms with van der Waals surface area (Å²) in [7, 11) is 8.88. The molecule has 0 radical (unpaired) electrons. The number of rotatable bonds is 11. The normalized spacial score (nSPS) is 11.1. The number of likely N-dealkylation sites (N-methyl/N-ethyl adjacent to an activating group) is 1. The van der Waals surface area contributed by atoms with E-state index in [2.05, 4.69) is 4.90 Å². The summed E-state index contributed by atoms with van der Waals surface area (Å²) in [6.45, 7) is 1.30. The number of carbonyl (C=O) groups excluding carboxylic acids is 1. The first-order valence-corrected chi connectivity index (χ1v) is 12.0. The Hall–Kier alpha value is -2.49. The molecule has 9 heteroatoms. The fraction of sp³-hybridized carbons (Fsp3) is 0.391. The third-order valence-electron chi connectivity index (χ3n) is 4.85. The van der Waals surface area contributed by atoms with Gasteiger partial charge in [-0.2, -0.15) is 0 Å². The fourth-order valence-corrected chi connectivity index (χ4v) is 5.04. The van der Waals surface area contributed by atoms with E-state index in [0.29, 0.717) is 35.1 Å². The van der Waals surface area contributed by atoms with Gasteiger partial charge in [-0.25, -0.2) is 4.98 Å². The van der Waals surface area contributed by atoms with Gasteiger partial charge < -0.3 is 19.1 Å². The highest BCUT2D eigenvalue weighted by molar-refractivity contribution is 7.99. The predicted molar refractivity (Wildman–Crippen MR) is 132 cm³/mol. The number of benzene rings is 2. The second-order valence-electron chi connectivity index (χ2n) is 7.27. The number of methoxy groups -OCH3 is 3. The van der Waals surface area contributed by atoms with E-state index in [1.54, 1.807) is 38.0 Å². The molecule has 0 spiro atoms. The van der Waals surface area contributed by atoms with Crippen LogP contribution < -0.4 is 19.1 Å². The Labute approximate surface area is 197 Å².